The first-order valence-corrected chi connectivity index (χ1v) is 9.07. The molecule has 1 fully saturated rings. The summed E-state index contributed by atoms with van der Waals surface area (Å²) in [5.74, 6) is 0.00852. The van der Waals surface area contributed by atoms with Crippen molar-refractivity contribution >= 4 is 16.9 Å². The van der Waals surface area contributed by atoms with Gasteiger partial charge in [-0.2, -0.15) is 0 Å². The van der Waals surface area contributed by atoms with Crippen LogP contribution < -0.4 is 5.69 Å². The van der Waals surface area contributed by atoms with E-state index >= 15 is 0 Å². The number of aromatic nitrogens is 2. The molecule has 26 heavy (non-hydrogen) atoms. The van der Waals surface area contributed by atoms with Gasteiger partial charge in [0.25, 0.3) is 0 Å². The lowest BCUT2D eigenvalue weighted by Crippen LogP contribution is -2.36. The SMILES string of the molecule is Cc1ccccc1C1CCCN1C(=O)Cn1c(=O)n(C)c2ccccc21. The minimum absolute atomic E-state index is 0.00852. The fraction of sp³-hybridized carbons (Fsp3) is 0.333. The Labute approximate surface area is 152 Å². The molecule has 0 aliphatic carbocycles. The number of para-hydroxylation sites is 2. The minimum Gasteiger partial charge on any atom is -0.334 e. The van der Waals surface area contributed by atoms with E-state index in [0.29, 0.717) is 0 Å². The van der Waals surface area contributed by atoms with Crippen molar-refractivity contribution in [2.45, 2.75) is 32.4 Å². The van der Waals surface area contributed by atoms with Gasteiger partial charge in [-0.25, -0.2) is 4.79 Å². The van der Waals surface area contributed by atoms with Gasteiger partial charge in [0.05, 0.1) is 17.1 Å². The van der Waals surface area contributed by atoms with E-state index in [1.165, 1.54) is 11.1 Å². The number of fused-ring (bicyclic) bond motifs is 1. The van der Waals surface area contributed by atoms with E-state index in [1.54, 1.807) is 16.2 Å². The maximum Gasteiger partial charge on any atom is 0.329 e. The number of carbonyl (C=O) groups is 1. The van der Waals surface area contributed by atoms with Crippen molar-refractivity contribution in [3.05, 3.63) is 70.1 Å². The summed E-state index contributed by atoms with van der Waals surface area (Å²) >= 11 is 0. The highest BCUT2D eigenvalue weighted by atomic mass is 16.2. The molecule has 1 aliphatic rings. The number of rotatable bonds is 3. The van der Waals surface area contributed by atoms with Crippen LogP contribution in [0.4, 0.5) is 0 Å². The van der Waals surface area contributed by atoms with Crippen LogP contribution in [0.1, 0.15) is 30.0 Å². The predicted molar refractivity (Wildman–Crippen MR) is 102 cm³/mol. The first kappa shape index (κ1) is 16.6. The molecule has 1 aromatic heterocycles. The van der Waals surface area contributed by atoms with Crippen molar-refractivity contribution < 1.29 is 4.79 Å². The van der Waals surface area contributed by atoms with Gasteiger partial charge < -0.3 is 4.90 Å². The van der Waals surface area contributed by atoms with Gasteiger partial charge in [-0.05, 0) is 43.0 Å². The number of hydrogen-bond donors (Lipinski definition) is 0. The summed E-state index contributed by atoms with van der Waals surface area (Å²) < 4.78 is 3.19. The second kappa shape index (κ2) is 6.48. The molecule has 2 heterocycles. The first-order chi connectivity index (χ1) is 12.6. The molecular weight excluding hydrogens is 326 g/mol. The van der Waals surface area contributed by atoms with E-state index < -0.39 is 0 Å². The van der Waals surface area contributed by atoms with Gasteiger partial charge in [0.15, 0.2) is 0 Å². The highest BCUT2D eigenvalue weighted by Crippen LogP contribution is 2.33. The van der Waals surface area contributed by atoms with Gasteiger partial charge in [-0.15, -0.1) is 0 Å². The van der Waals surface area contributed by atoms with Crippen molar-refractivity contribution in [3.63, 3.8) is 0 Å². The van der Waals surface area contributed by atoms with Gasteiger partial charge in [0.2, 0.25) is 5.91 Å². The maximum atomic E-state index is 13.1. The molecule has 5 nitrogen and oxygen atoms in total. The van der Waals surface area contributed by atoms with Crippen LogP contribution in [0.2, 0.25) is 0 Å². The van der Waals surface area contributed by atoms with Crippen LogP contribution in [-0.4, -0.2) is 26.5 Å². The summed E-state index contributed by atoms with van der Waals surface area (Å²) in [5.41, 5.74) is 3.93. The van der Waals surface area contributed by atoms with E-state index in [4.69, 9.17) is 0 Å². The molecule has 0 spiro atoms. The van der Waals surface area contributed by atoms with Crippen LogP contribution in [0.5, 0.6) is 0 Å². The number of aryl methyl sites for hydroxylation is 2. The molecule has 1 saturated heterocycles. The van der Waals surface area contributed by atoms with E-state index in [0.717, 1.165) is 30.4 Å². The average molecular weight is 349 g/mol. The Morgan fingerprint density at radius 3 is 2.54 bits per heavy atom. The summed E-state index contributed by atoms with van der Waals surface area (Å²) in [6, 6.07) is 16.0. The number of imidazole rings is 1. The van der Waals surface area contributed by atoms with E-state index in [2.05, 4.69) is 19.1 Å². The van der Waals surface area contributed by atoms with Gasteiger partial charge in [-0.3, -0.25) is 13.9 Å². The molecule has 0 N–H and O–H groups in total. The van der Waals surface area contributed by atoms with Crippen molar-refractivity contribution in [2.24, 2.45) is 7.05 Å². The number of benzene rings is 2. The Morgan fingerprint density at radius 1 is 1.08 bits per heavy atom. The molecule has 1 amide bonds. The smallest absolute Gasteiger partial charge is 0.329 e. The van der Waals surface area contributed by atoms with Crippen molar-refractivity contribution in [1.29, 1.82) is 0 Å². The lowest BCUT2D eigenvalue weighted by molar-refractivity contribution is -0.132. The number of amides is 1. The van der Waals surface area contributed by atoms with E-state index in [1.807, 2.05) is 41.3 Å². The fourth-order valence-corrected chi connectivity index (χ4v) is 4.09. The molecule has 0 bridgehead atoms. The molecular formula is C21H23N3O2. The first-order valence-electron chi connectivity index (χ1n) is 9.07. The third-order valence-electron chi connectivity index (χ3n) is 5.47. The minimum atomic E-state index is -0.147. The average Bonchev–Trinajstić information content (AvgIpc) is 3.22. The second-order valence-corrected chi connectivity index (χ2v) is 7.02. The highest BCUT2D eigenvalue weighted by molar-refractivity contribution is 5.81. The topological polar surface area (TPSA) is 47.2 Å². The predicted octanol–water partition coefficient (Wildman–Crippen LogP) is 3.01. The molecule has 1 unspecified atom stereocenters. The molecule has 0 saturated carbocycles. The van der Waals surface area contributed by atoms with Crippen molar-refractivity contribution in [1.82, 2.24) is 14.0 Å². The number of nitrogens with zero attached hydrogens (tertiary/aromatic N) is 3. The molecule has 1 aliphatic heterocycles. The molecule has 134 valence electrons. The molecule has 2 aromatic carbocycles. The molecule has 5 heteroatoms. The fourth-order valence-electron chi connectivity index (χ4n) is 4.09. The molecule has 1 atom stereocenters. The zero-order chi connectivity index (χ0) is 18.3. The lowest BCUT2D eigenvalue weighted by atomic mass is 9.99. The van der Waals surface area contributed by atoms with Crippen LogP contribution in [0.25, 0.3) is 11.0 Å². The maximum absolute atomic E-state index is 13.1. The standard InChI is InChI=1S/C21H23N3O2/c1-15-8-3-4-9-16(15)17-12-7-13-23(17)20(25)14-24-19-11-6-5-10-18(19)22(2)21(24)26/h3-6,8-11,17H,7,12-14H2,1-2H3. The van der Waals surface area contributed by atoms with Crippen LogP contribution in [0.15, 0.2) is 53.3 Å². The zero-order valence-corrected chi connectivity index (χ0v) is 15.2. The summed E-state index contributed by atoms with van der Waals surface area (Å²) in [5, 5.41) is 0. The Balaban J connectivity index is 1.66. The number of carbonyl (C=O) groups excluding carboxylic acids is 1. The Kier molecular flexibility index (Phi) is 4.15. The third kappa shape index (κ3) is 2.64. The summed E-state index contributed by atoms with van der Waals surface area (Å²) in [4.78, 5) is 27.6. The highest BCUT2D eigenvalue weighted by Gasteiger charge is 2.31. The van der Waals surface area contributed by atoms with Gasteiger partial charge in [0.1, 0.15) is 6.54 Å². The largest absolute Gasteiger partial charge is 0.334 e. The summed E-state index contributed by atoms with van der Waals surface area (Å²) in [7, 11) is 1.75. The van der Waals surface area contributed by atoms with E-state index in [9.17, 15) is 9.59 Å². The number of hydrogen-bond acceptors (Lipinski definition) is 2. The molecule has 0 radical (unpaired) electrons. The lowest BCUT2D eigenvalue weighted by Gasteiger charge is -2.26. The molecule has 3 aromatic rings. The van der Waals surface area contributed by atoms with Gasteiger partial charge in [0, 0.05) is 13.6 Å². The van der Waals surface area contributed by atoms with Crippen molar-refractivity contribution in [2.75, 3.05) is 6.54 Å². The second-order valence-electron chi connectivity index (χ2n) is 7.02. The van der Waals surface area contributed by atoms with Crippen LogP contribution in [0, 0.1) is 6.92 Å². The molecule has 4 rings (SSSR count). The van der Waals surface area contributed by atoms with Crippen LogP contribution in [0.3, 0.4) is 0 Å². The monoisotopic (exact) mass is 349 g/mol. The van der Waals surface area contributed by atoms with Crippen LogP contribution >= 0.6 is 0 Å². The van der Waals surface area contributed by atoms with E-state index in [-0.39, 0.29) is 24.2 Å². The Morgan fingerprint density at radius 2 is 1.77 bits per heavy atom. The zero-order valence-electron chi connectivity index (χ0n) is 15.2. The number of likely N-dealkylation sites (tertiary alicyclic amines) is 1. The Bertz CT molecular complexity index is 1030. The van der Waals surface area contributed by atoms with Gasteiger partial charge >= 0.3 is 5.69 Å². The van der Waals surface area contributed by atoms with Crippen molar-refractivity contribution in [3.8, 4) is 0 Å². The van der Waals surface area contributed by atoms with Crippen LogP contribution in [-0.2, 0) is 18.4 Å². The normalized spacial score (nSPS) is 17.2. The third-order valence-corrected chi connectivity index (χ3v) is 5.47. The summed E-state index contributed by atoms with van der Waals surface area (Å²) in [6.07, 6.45) is 1.97. The van der Waals surface area contributed by atoms with Gasteiger partial charge in [-0.1, -0.05) is 36.4 Å². The quantitative estimate of drug-likeness (QED) is 0.730. The summed E-state index contributed by atoms with van der Waals surface area (Å²) in [6.45, 7) is 2.92. The Hall–Kier alpha value is -2.82.